The van der Waals surface area contributed by atoms with Crippen LogP contribution < -0.4 is 21.5 Å². The molecule has 4 aliphatic rings. The minimum Gasteiger partial charge on any atom is -0.506 e. The van der Waals surface area contributed by atoms with Crippen molar-refractivity contribution in [3.8, 4) is 5.75 Å². The van der Waals surface area contributed by atoms with Gasteiger partial charge in [-0.1, -0.05) is 66.7 Å². The number of hydrogen-bond donors (Lipinski definition) is 7. The molecule has 5 aromatic rings. The van der Waals surface area contributed by atoms with Crippen molar-refractivity contribution in [2.24, 2.45) is 17.8 Å². The molecule has 0 radical (unpaired) electrons. The summed E-state index contributed by atoms with van der Waals surface area (Å²) in [6.45, 7) is 3.68. The number of H-pyrrole nitrogens is 1. The van der Waals surface area contributed by atoms with Crippen LogP contribution in [0.15, 0.2) is 102 Å². The molecule has 4 aromatic carbocycles. The lowest BCUT2D eigenvalue weighted by molar-refractivity contribution is -0.153. The summed E-state index contributed by atoms with van der Waals surface area (Å²) in [4.78, 5) is 56.7. The fourth-order valence-corrected chi connectivity index (χ4v) is 9.43. The predicted molar refractivity (Wildman–Crippen MR) is 216 cm³/mol. The Bertz CT molecular complexity index is 2350. The second-order valence-corrected chi connectivity index (χ2v) is 15.8. The normalized spacial score (nSPS) is 22.8. The van der Waals surface area contributed by atoms with Crippen molar-refractivity contribution in [1.29, 1.82) is 0 Å². The Balaban J connectivity index is 0.837. The Labute approximate surface area is 329 Å². The van der Waals surface area contributed by atoms with Gasteiger partial charge in [-0.05, 0) is 102 Å². The summed E-state index contributed by atoms with van der Waals surface area (Å²) in [5, 5.41) is 41.6. The molecule has 3 unspecified atom stereocenters. The van der Waals surface area contributed by atoms with Crippen LogP contribution in [0.2, 0.25) is 0 Å². The summed E-state index contributed by atoms with van der Waals surface area (Å²) >= 11 is 0. The zero-order valence-corrected chi connectivity index (χ0v) is 31.5. The molecule has 57 heavy (non-hydrogen) atoms. The molecule has 0 spiro atoms. The van der Waals surface area contributed by atoms with Crippen LogP contribution in [0, 0.1) is 17.8 Å². The van der Waals surface area contributed by atoms with Crippen molar-refractivity contribution in [2.45, 2.75) is 50.3 Å². The van der Waals surface area contributed by atoms with Gasteiger partial charge in [0, 0.05) is 42.7 Å². The summed E-state index contributed by atoms with van der Waals surface area (Å²) in [5.74, 6) is -1.19. The van der Waals surface area contributed by atoms with Gasteiger partial charge in [-0.15, -0.1) is 0 Å². The van der Waals surface area contributed by atoms with Crippen molar-refractivity contribution < 1.29 is 29.7 Å². The average Bonchev–Trinajstić information content (AvgIpc) is 3.55. The molecule has 1 aliphatic carbocycles. The first-order chi connectivity index (χ1) is 27.6. The Morgan fingerprint density at radius 1 is 0.842 bits per heavy atom. The third-order valence-corrected chi connectivity index (χ3v) is 12.3. The summed E-state index contributed by atoms with van der Waals surface area (Å²) in [6.07, 6.45) is 2.04. The molecule has 1 aromatic heterocycles. The van der Waals surface area contributed by atoms with Gasteiger partial charge in [0.25, 0.3) is 0 Å². The standard InChI is InChI=1S/C45H47N5O7/c51-38-15-13-33(34-14-16-40(53)48-43(34)38)39(52)25-46-24-29-9-11-32(12-10-29)47-41(54)21-27-5-7-28(8-6-27)22-42(55)49-45(44(56)57)36-4-2-1-3-31(36)23-37(45)35-26-50-19-17-30(35)18-20-50/h1-16,30,35,37,39,46,51-52H,17-26H2,(H,47,54)(H,48,53)(H,49,55)(H,56,57)/t35?,37?,39?,45-/m0/s1. The number of aromatic amines is 1. The minimum absolute atomic E-state index is 0.0204. The number of carbonyl (C=O) groups is 3. The van der Waals surface area contributed by atoms with Crippen LogP contribution in [-0.4, -0.2) is 69.2 Å². The second-order valence-electron chi connectivity index (χ2n) is 15.8. The molecule has 3 saturated heterocycles. The lowest BCUT2D eigenvalue weighted by Crippen LogP contribution is -2.61. The number of phenolic OH excluding ortho intramolecular Hbond substituents is 1. The maximum atomic E-state index is 13.7. The third-order valence-electron chi connectivity index (χ3n) is 12.3. The molecule has 7 N–H and O–H groups in total. The number of carbonyl (C=O) groups excluding carboxylic acids is 2. The highest BCUT2D eigenvalue weighted by atomic mass is 16.4. The average molecular weight is 770 g/mol. The van der Waals surface area contributed by atoms with Crippen molar-refractivity contribution >= 4 is 34.4 Å². The summed E-state index contributed by atoms with van der Waals surface area (Å²) in [5.41, 5.74) is 3.81. The monoisotopic (exact) mass is 769 g/mol. The van der Waals surface area contributed by atoms with E-state index in [1.165, 1.54) is 12.1 Å². The van der Waals surface area contributed by atoms with E-state index in [1.54, 1.807) is 12.1 Å². The summed E-state index contributed by atoms with van der Waals surface area (Å²) < 4.78 is 0. The van der Waals surface area contributed by atoms with Crippen LogP contribution in [-0.2, 0) is 45.7 Å². The summed E-state index contributed by atoms with van der Waals surface area (Å²) in [6, 6.07) is 28.3. The van der Waals surface area contributed by atoms with Gasteiger partial charge in [0.2, 0.25) is 17.4 Å². The van der Waals surface area contributed by atoms with Gasteiger partial charge < -0.3 is 41.2 Å². The lowest BCUT2D eigenvalue weighted by atomic mass is 9.66. The number of rotatable bonds is 13. The molecule has 12 heteroatoms. The molecule has 0 saturated carbocycles. The Morgan fingerprint density at radius 2 is 1.53 bits per heavy atom. The van der Waals surface area contributed by atoms with E-state index in [-0.39, 0.29) is 59.9 Å². The largest absolute Gasteiger partial charge is 0.506 e. The fraction of sp³-hybridized carbons (Fsp3) is 0.333. The number of aromatic nitrogens is 1. The maximum Gasteiger partial charge on any atom is 0.334 e. The molecule has 3 fully saturated rings. The number of aromatic hydroxyl groups is 1. The number of pyridine rings is 1. The van der Waals surface area contributed by atoms with Gasteiger partial charge in [-0.3, -0.25) is 14.4 Å². The van der Waals surface area contributed by atoms with Crippen LogP contribution in [0.4, 0.5) is 5.69 Å². The van der Waals surface area contributed by atoms with E-state index in [9.17, 15) is 34.5 Å². The number of piperidine rings is 3. The van der Waals surface area contributed by atoms with Crippen molar-refractivity contribution in [3.63, 3.8) is 0 Å². The number of fused-ring (bicyclic) bond motifs is 5. The molecular weight excluding hydrogens is 723 g/mol. The van der Waals surface area contributed by atoms with E-state index in [0.717, 1.165) is 54.7 Å². The summed E-state index contributed by atoms with van der Waals surface area (Å²) in [7, 11) is 0. The second kappa shape index (κ2) is 16.0. The molecule has 9 rings (SSSR count). The third kappa shape index (κ3) is 7.80. The lowest BCUT2D eigenvalue weighted by Gasteiger charge is -2.50. The highest BCUT2D eigenvalue weighted by Crippen LogP contribution is 2.50. The Hall–Kier alpha value is -5.82. The van der Waals surface area contributed by atoms with Gasteiger partial charge in [0.1, 0.15) is 5.75 Å². The molecule has 12 nitrogen and oxygen atoms in total. The molecular formula is C45H47N5O7. The number of aliphatic carboxylic acids is 1. The first-order valence-electron chi connectivity index (χ1n) is 19.6. The quantitative estimate of drug-likeness (QED) is 0.0913. The molecule has 2 amide bonds. The van der Waals surface area contributed by atoms with E-state index in [4.69, 9.17) is 0 Å². The number of anilines is 1. The van der Waals surface area contributed by atoms with Crippen LogP contribution in [0.5, 0.6) is 5.75 Å². The first-order valence-corrected chi connectivity index (χ1v) is 19.6. The number of aliphatic hydroxyl groups excluding tert-OH is 1. The van der Waals surface area contributed by atoms with Gasteiger partial charge in [0.05, 0.1) is 24.5 Å². The van der Waals surface area contributed by atoms with E-state index in [2.05, 4.69) is 25.8 Å². The Morgan fingerprint density at radius 3 is 2.21 bits per heavy atom. The van der Waals surface area contributed by atoms with E-state index < -0.39 is 17.6 Å². The number of phenols is 1. The van der Waals surface area contributed by atoms with E-state index in [1.807, 2.05) is 72.8 Å². The number of nitrogens with zero attached hydrogens (tertiary/aromatic N) is 1. The number of aliphatic hydroxyl groups is 1. The molecule has 3 aliphatic heterocycles. The van der Waals surface area contributed by atoms with E-state index >= 15 is 0 Å². The van der Waals surface area contributed by atoms with Crippen LogP contribution >= 0.6 is 0 Å². The highest BCUT2D eigenvalue weighted by molar-refractivity contribution is 5.93. The maximum absolute atomic E-state index is 13.7. The zero-order chi connectivity index (χ0) is 39.7. The van der Waals surface area contributed by atoms with Gasteiger partial charge in [-0.2, -0.15) is 0 Å². The number of nitrogens with one attached hydrogen (secondary N) is 4. The number of carboxylic acids is 1. The molecule has 4 heterocycles. The van der Waals surface area contributed by atoms with Crippen LogP contribution in [0.25, 0.3) is 10.9 Å². The minimum atomic E-state index is -1.49. The topological polar surface area (TPSA) is 184 Å². The van der Waals surface area contributed by atoms with Gasteiger partial charge in [-0.25, -0.2) is 4.79 Å². The molecule has 4 atom stereocenters. The molecule has 294 valence electrons. The smallest absolute Gasteiger partial charge is 0.334 e. The zero-order valence-electron chi connectivity index (χ0n) is 31.5. The highest BCUT2D eigenvalue weighted by Gasteiger charge is 2.58. The number of hydrogen-bond acceptors (Lipinski definition) is 8. The Kier molecular flexibility index (Phi) is 10.7. The van der Waals surface area contributed by atoms with Crippen LogP contribution in [0.1, 0.15) is 52.3 Å². The van der Waals surface area contributed by atoms with Crippen molar-refractivity contribution in [1.82, 2.24) is 20.5 Å². The molecule has 2 bridgehead atoms. The van der Waals surface area contributed by atoms with Gasteiger partial charge >= 0.3 is 5.97 Å². The van der Waals surface area contributed by atoms with Crippen molar-refractivity contribution in [2.75, 3.05) is 31.5 Å². The van der Waals surface area contributed by atoms with Crippen molar-refractivity contribution in [3.05, 3.63) is 141 Å². The first kappa shape index (κ1) is 38.1. The number of carboxylic acid groups (broad SMARTS) is 1. The number of benzene rings is 4. The fourth-order valence-electron chi connectivity index (χ4n) is 9.43. The predicted octanol–water partition coefficient (Wildman–Crippen LogP) is 4.39. The van der Waals surface area contributed by atoms with Gasteiger partial charge in [0.15, 0.2) is 5.54 Å². The van der Waals surface area contributed by atoms with Crippen LogP contribution in [0.3, 0.4) is 0 Å². The SMILES string of the molecule is O=C(Cc1ccc(CC(=O)N[C@@]2(C(=O)O)c3ccccc3CC2C2CN3CCC2CC3)cc1)Nc1ccc(CNCC(O)c2ccc(O)c3[nH]c(=O)ccc23)cc1. The number of amides is 2. The van der Waals surface area contributed by atoms with E-state index in [0.29, 0.717) is 41.1 Å².